The predicted molar refractivity (Wildman–Crippen MR) is 120 cm³/mol. The minimum Gasteiger partial charge on any atom is -0.428 e. The van der Waals surface area contributed by atoms with Gasteiger partial charge in [0.15, 0.2) is 6.10 Å². The topological polar surface area (TPSA) is 58.7 Å². The fourth-order valence-electron chi connectivity index (χ4n) is 3.72. The molecule has 4 nitrogen and oxygen atoms in total. The average Bonchev–Trinajstić information content (AvgIpc) is 2.79. The standard InChI is InChI=1S/C25H25F7N2O2/c26-23(27)25(31,32)36-21-6-2-4-18(13-21)14-34(15-22(35)24(28,29)30)20-5-1-3-17(12-20)11-16-7-9-19(33)10-8-16/h2-4,6-10,12-13,22-23,35H,1,5,11,14-15,33H2. The number of aliphatic hydroxyl groups is 1. The highest BCUT2D eigenvalue weighted by Gasteiger charge is 2.44. The molecule has 0 saturated heterocycles. The van der Waals surface area contributed by atoms with Crippen molar-refractivity contribution in [1.29, 1.82) is 0 Å². The Hall–Kier alpha value is -3.21. The van der Waals surface area contributed by atoms with Gasteiger partial charge in [-0.3, -0.25) is 0 Å². The van der Waals surface area contributed by atoms with Crippen LogP contribution in [-0.2, 0) is 13.0 Å². The number of hydrogen-bond donors (Lipinski definition) is 2. The van der Waals surface area contributed by atoms with Gasteiger partial charge in [0.2, 0.25) is 0 Å². The van der Waals surface area contributed by atoms with Crippen LogP contribution in [0.3, 0.4) is 0 Å². The van der Waals surface area contributed by atoms with E-state index >= 15 is 0 Å². The second-order valence-electron chi connectivity index (χ2n) is 8.42. The molecule has 1 unspecified atom stereocenters. The monoisotopic (exact) mass is 518 g/mol. The molecular weight excluding hydrogens is 493 g/mol. The van der Waals surface area contributed by atoms with E-state index in [-0.39, 0.29) is 12.1 Å². The van der Waals surface area contributed by atoms with Gasteiger partial charge < -0.3 is 20.5 Å². The number of hydrogen-bond acceptors (Lipinski definition) is 4. The highest BCUT2D eigenvalue weighted by molar-refractivity contribution is 5.42. The molecule has 2 aromatic rings. The molecular formula is C25H25F7N2O2. The number of nitrogens with two attached hydrogens (primary N) is 1. The van der Waals surface area contributed by atoms with E-state index in [4.69, 9.17) is 5.73 Å². The van der Waals surface area contributed by atoms with Crippen LogP contribution in [0.25, 0.3) is 0 Å². The van der Waals surface area contributed by atoms with Crippen LogP contribution in [0.1, 0.15) is 24.0 Å². The van der Waals surface area contributed by atoms with Gasteiger partial charge in [0.25, 0.3) is 0 Å². The predicted octanol–water partition coefficient (Wildman–Crippen LogP) is 6.08. The molecule has 0 saturated carbocycles. The fraction of sp³-hybridized carbons (Fsp3) is 0.360. The zero-order valence-corrected chi connectivity index (χ0v) is 19.0. The Morgan fingerprint density at radius 2 is 1.69 bits per heavy atom. The van der Waals surface area contributed by atoms with Crippen molar-refractivity contribution in [3.8, 4) is 5.75 Å². The van der Waals surface area contributed by atoms with E-state index < -0.39 is 37.1 Å². The second-order valence-corrected chi connectivity index (χ2v) is 8.42. The first kappa shape index (κ1) is 27.4. The van der Waals surface area contributed by atoms with Crippen LogP contribution in [0.5, 0.6) is 5.75 Å². The molecule has 3 N–H and O–H groups in total. The van der Waals surface area contributed by atoms with Crippen LogP contribution in [0, 0.1) is 0 Å². The minimum atomic E-state index is -4.87. The first-order valence-electron chi connectivity index (χ1n) is 11.0. The van der Waals surface area contributed by atoms with Crippen molar-refractivity contribution in [2.45, 2.75) is 50.6 Å². The van der Waals surface area contributed by atoms with Gasteiger partial charge in [-0.15, -0.1) is 0 Å². The smallest absolute Gasteiger partial charge is 0.428 e. The summed E-state index contributed by atoms with van der Waals surface area (Å²) in [6.45, 7) is -1.01. The first-order valence-corrected chi connectivity index (χ1v) is 11.0. The van der Waals surface area contributed by atoms with Gasteiger partial charge in [-0.2, -0.15) is 30.7 Å². The zero-order valence-electron chi connectivity index (χ0n) is 19.0. The van der Waals surface area contributed by atoms with Crippen LogP contribution in [0.4, 0.5) is 36.4 Å². The number of benzene rings is 2. The Bertz CT molecular complexity index is 1080. The van der Waals surface area contributed by atoms with E-state index in [0.717, 1.165) is 23.3 Å². The number of alkyl halides is 7. The van der Waals surface area contributed by atoms with Gasteiger partial charge in [0.1, 0.15) is 5.75 Å². The molecule has 0 bridgehead atoms. The molecule has 0 spiro atoms. The zero-order chi connectivity index (χ0) is 26.5. The summed E-state index contributed by atoms with van der Waals surface area (Å²) in [4.78, 5) is 1.30. The highest BCUT2D eigenvalue weighted by atomic mass is 19.4. The third-order valence-corrected chi connectivity index (χ3v) is 5.50. The van der Waals surface area contributed by atoms with Crippen LogP contribution >= 0.6 is 0 Å². The van der Waals surface area contributed by atoms with E-state index in [1.807, 2.05) is 18.2 Å². The van der Waals surface area contributed by atoms with Crippen molar-refractivity contribution in [3.05, 3.63) is 83.1 Å². The molecule has 196 valence electrons. The van der Waals surface area contributed by atoms with Gasteiger partial charge in [-0.25, -0.2) is 0 Å². The lowest BCUT2D eigenvalue weighted by molar-refractivity contribution is -0.253. The van der Waals surface area contributed by atoms with Crippen LogP contribution in [0.2, 0.25) is 0 Å². The SMILES string of the molecule is Nc1ccc(CC2=CCCC(N(Cc3cccc(OC(F)(F)C(F)F)c3)CC(O)C(F)(F)F)=C2)cc1. The molecule has 0 radical (unpaired) electrons. The first-order chi connectivity index (χ1) is 16.8. The molecule has 1 aliphatic carbocycles. The van der Waals surface area contributed by atoms with E-state index in [2.05, 4.69) is 4.74 Å². The Labute approximate surface area is 203 Å². The highest BCUT2D eigenvalue weighted by Crippen LogP contribution is 2.31. The van der Waals surface area contributed by atoms with Gasteiger partial charge in [0, 0.05) is 17.9 Å². The van der Waals surface area contributed by atoms with Crippen molar-refractivity contribution in [3.63, 3.8) is 0 Å². The van der Waals surface area contributed by atoms with E-state index in [1.165, 1.54) is 17.0 Å². The molecule has 3 rings (SSSR count). The summed E-state index contributed by atoms with van der Waals surface area (Å²) in [5.74, 6) is -0.560. The van der Waals surface area contributed by atoms with Crippen LogP contribution < -0.4 is 10.5 Å². The molecule has 36 heavy (non-hydrogen) atoms. The van der Waals surface area contributed by atoms with Crippen LogP contribution in [0.15, 0.2) is 72.0 Å². The Morgan fingerprint density at radius 3 is 2.33 bits per heavy atom. The molecule has 0 amide bonds. The van der Waals surface area contributed by atoms with Gasteiger partial charge in [0.05, 0.1) is 6.54 Å². The van der Waals surface area contributed by atoms with E-state index in [1.54, 1.807) is 18.2 Å². The maximum atomic E-state index is 13.3. The molecule has 2 aromatic carbocycles. The quantitative estimate of drug-likeness (QED) is 0.296. The van der Waals surface area contributed by atoms with Crippen molar-refractivity contribution in [2.24, 2.45) is 0 Å². The number of halogens is 7. The van der Waals surface area contributed by atoms with Gasteiger partial charge in [-0.1, -0.05) is 30.3 Å². The van der Waals surface area contributed by atoms with Crippen molar-refractivity contribution < 1.29 is 40.6 Å². The van der Waals surface area contributed by atoms with Crippen LogP contribution in [-0.4, -0.2) is 41.4 Å². The Morgan fingerprint density at radius 1 is 1.00 bits per heavy atom. The molecule has 1 aliphatic rings. The summed E-state index contributed by atoms with van der Waals surface area (Å²) in [7, 11) is 0. The summed E-state index contributed by atoms with van der Waals surface area (Å²) in [6.07, 6.45) is -11.2. The van der Waals surface area contributed by atoms with Crippen molar-refractivity contribution in [1.82, 2.24) is 4.90 Å². The summed E-state index contributed by atoms with van der Waals surface area (Å²) in [6, 6.07) is 12.0. The number of nitrogens with zero attached hydrogens (tertiary/aromatic N) is 1. The number of rotatable bonds is 10. The molecule has 0 fully saturated rings. The Balaban J connectivity index is 1.84. The summed E-state index contributed by atoms with van der Waals surface area (Å²) >= 11 is 0. The van der Waals surface area contributed by atoms with E-state index in [0.29, 0.717) is 30.6 Å². The maximum Gasteiger partial charge on any atom is 0.461 e. The number of anilines is 1. The summed E-state index contributed by atoms with van der Waals surface area (Å²) < 4.78 is 95.1. The number of ether oxygens (including phenoxy) is 1. The maximum absolute atomic E-state index is 13.3. The lowest BCUT2D eigenvalue weighted by atomic mass is 9.96. The number of aliphatic hydroxyl groups excluding tert-OH is 1. The number of allylic oxidation sites excluding steroid dienone is 4. The normalized spacial score (nSPS) is 15.4. The summed E-state index contributed by atoms with van der Waals surface area (Å²) in [5, 5.41) is 9.73. The van der Waals surface area contributed by atoms with Gasteiger partial charge in [-0.05, 0) is 66.3 Å². The lowest BCUT2D eigenvalue weighted by Crippen LogP contribution is -2.40. The number of nitrogen functional groups attached to an aromatic ring is 1. The molecule has 1 atom stereocenters. The second kappa shape index (κ2) is 11.2. The van der Waals surface area contributed by atoms with E-state index in [9.17, 15) is 35.8 Å². The molecule has 11 heteroatoms. The largest absolute Gasteiger partial charge is 0.461 e. The van der Waals surface area contributed by atoms with Gasteiger partial charge >= 0.3 is 18.7 Å². The average molecular weight is 518 g/mol. The lowest BCUT2D eigenvalue weighted by Gasteiger charge is -2.32. The molecule has 0 aliphatic heterocycles. The fourth-order valence-corrected chi connectivity index (χ4v) is 3.72. The molecule has 0 aromatic heterocycles. The Kier molecular flexibility index (Phi) is 8.55. The third-order valence-electron chi connectivity index (χ3n) is 5.50. The minimum absolute atomic E-state index is 0.203. The van der Waals surface area contributed by atoms with Crippen molar-refractivity contribution >= 4 is 5.69 Å². The summed E-state index contributed by atoms with van der Waals surface area (Å²) in [5.41, 5.74) is 8.83. The van der Waals surface area contributed by atoms with Crippen molar-refractivity contribution in [2.75, 3.05) is 12.3 Å². The third kappa shape index (κ3) is 7.64. The molecule has 0 heterocycles.